The second kappa shape index (κ2) is 2.39. The molecule has 0 aliphatic rings. The number of hydrogen-bond acceptors (Lipinski definition) is 2. The van der Waals surface area contributed by atoms with E-state index < -0.39 is 7.60 Å². The van der Waals surface area contributed by atoms with Crippen LogP contribution in [0.3, 0.4) is 0 Å². The van der Waals surface area contributed by atoms with Gasteiger partial charge in [-0.25, -0.2) is 0 Å². The van der Waals surface area contributed by atoms with Crippen LogP contribution in [0.1, 0.15) is 0 Å². The van der Waals surface area contributed by atoms with Gasteiger partial charge in [0, 0.05) is 0 Å². The summed E-state index contributed by atoms with van der Waals surface area (Å²) in [5.74, 6) is 0. The van der Waals surface area contributed by atoms with Crippen molar-refractivity contribution in [2.24, 2.45) is 0 Å². The molecule has 56 valence electrons. The lowest BCUT2D eigenvalue weighted by atomic mass is 10.8. The van der Waals surface area contributed by atoms with Crippen LogP contribution in [0.5, 0.6) is 0 Å². The van der Waals surface area contributed by atoms with Crippen molar-refractivity contribution in [2.75, 3.05) is 27.4 Å². The summed E-state index contributed by atoms with van der Waals surface area (Å²) in [6.45, 7) is 0. The number of nitrogens with zero attached hydrogens (tertiary/aromatic N) is 1. The highest BCUT2D eigenvalue weighted by Crippen LogP contribution is 2.30. The maximum absolute atomic E-state index is 10.2. The first-order valence-electron chi connectivity index (χ1n) is 2.54. The van der Waals surface area contributed by atoms with Crippen molar-refractivity contribution >= 4 is 7.60 Å². The zero-order valence-electron chi connectivity index (χ0n) is 5.87. The minimum absolute atomic E-state index is 0.215. The van der Waals surface area contributed by atoms with Gasteiger partial charge in [-0.1, -0.05) is 0 Å². The van der Waals surface area contributed by atoms with Gasteiger partial charge in [0.25, 0.3) is 0 Å². The van der Waals surface area contributed by atoms with Crippen LogP contribution in [-0.4, -0.2) is 36.8 Å². The third-order valence-corrected chi connectivity index (χ3v) is 1.81. The lowest BCUT2D eigenvalue weighted by Crippen LogP contribution is -2.36. The lowest BCUT2D eigenvalue weighted by Gasteiger charge is -2.28. The molecule has 0 heterocycles. The Hall–Kier alpha value is 0.110. The summed E-state index contributed by atoms with van der Waals surface area (Å²) in [4.78, 5) is 18.6. The molecule has 1 unspecified atom stereocenters. The van der Waals surface area contributed by atoms with Crippen molar-refractivity contribution in [1.82, 2.24) is 0 Å². The quantitative estimate of drug-likeness (QED) is 0.417. The molecule has 0 aromatic carbocycles. The zero-order chi connectivity index (χ0) is 7.71. The van der Waals surface area contributed by atoms with E-state index in [4.69, 9.17) is 4.89 Å². The van der Waals surface area contributed by atoms with Crippen LogP contribution in [0.4, 0.5) is 0 Å². The Morgan fingerprint density at radius 2 is 1.89 bits per heavy atom. The van der Waals surface area contributed by atoms with E-state index in [1.54, 1.807) is 21.1 Å². The molecule has 0 aliphatic heterocycles. The molecule has 1 atom stereocenters. The van der Waals surface area contributed by atoms with Crippen LogP contribution in [0.25, 0.3) is 0 Å². The first-order valence-corrected chi connectivity index (χ1v) is 4.30. The Bertz CT molecular complexity index is 133. The van der Waals surface area contributed by atoms with Gasteiger partial charge in [0.1, 0.15) is 6.29 Å². The fourth-order valence-electron chi connectivity index (χ4n) is 0.536. The Balaban J connectivity index is 3.90. The molecular formula is C4H12NO3P. The molecular weight excluding hydrogens is 141 g/mol. The minimum Gasteiger partial charge on any atom is -0.775 e. The van der Waals surface area contributed by atoms with E-state index in [1.807, 2.05) is 0 Å². The first-order chi connectivity index (χ1) is 3.71. The van der Waals surface area contributed by atoms with Crippen molar-refractivity contribution < 1.29 is 18.8 Å². The average Bonchev–Trinajstić information content (AvgIpc) is 1.14. The van der Waals surface area contributed by atoms with Gasteiger partial charge < -0.3 is 18.8 Å². The molecule has 1 N–H and O–H groups in total. The zero-order valence-corrected chi connectivity index (χ0v) is 6.76. The van der Waals surface area contributed by atoms with E-state index in [-0.39, 0.29) is 10.8 Å². The van der Waals surface area contributed by atoms with Gasteiger partial charge in [0.15, 0.2) is 7.60 Å². The normalized spacial score (nSPS) is 19.2. The number of rotatable bonds is 2. The molecule has 0 saturated heterocycles. The van der Waals surface area contributed by atoms with E-state index in [9.17, 15) is 9.46 Å². The molecule has 9 heavy (non-hydrogen) atoms. The summed E-state index contributed by atoms with van der Waals surface area (Å²) in [5.41, 5.74) is 0. The summed E-state index contributed by atoms with van der Waals surface area (Å²) in [5, 5.41) is 0. The van der Waals surface area contributed by atoms with Gasteiger partial charge in [0.05, 0.1) is 21.1 Å². The summed E-state index contributed by atoms with van der Waals surface area (Å²) in [7, 11) is 1.02. The fraction of sp³-hybridized carbons (Fsp3) is 1.00. The van der Waals surface area contributed by atoms with Crippen molar-refractivity contribution in [2.45, 2.75) is 0 Å². The van der Waals surface area contributed by atoms with Crippen LogP contribution in [-0.2, 0) is 4.57 Å². The van der Waals surface area contributed by atoms with Crippen LogP contribution in [0.2, 0.25) is 0 Å². The van der Waals surface area contributed by atoms with Crippen LogP contribution in [0, 0.1) is 0 Å². The monoisotopic (exact) mass is 153 g/mol. The molecule has 5 heteroatoms. The number of hydrogen-bond donors (Lipinski definition) is 1. The van der Waals surface area contributed by atoms with Crippen LogP contribution < -0.4 is 4.89 Å². The minimum atomic E-state index is -4.07. The van der Waals surface area contributed by atoms with E-state index in [0.717, 1.165) is 0 Å². The van der Waals surface area contributed by atoms with E-state index in [2.05, 4.69) is 0 Å². The molecule has 0 aromatic rings. The molecule has 0 rings (SSSR count). The van der Waals surface area contributed by atoms with Gasteiger partial charge >= 0.3 is 0 Å². The van der Waals surface area contributed by atoms with Gasteiger partial charge in [-0.05, 0) is 0 Å². The summed E-state index contributed by atoms with van der Waals surface area (Å²) >= 11 is 0. The molecule has 0 spiro atoms. The molecule has 0 fully saturated rings. The van der Waals surface area contributed by atoms with Gasteiger partial charge in [0.2, 0.25) is 0 Å². The smallest absolute Gasteiger partial charge is 0.187 e. The largest absolute Gasteiger partial charge is 0.775 e. The Morgan fingerprint density at radius 1 is 1.56 bits per heavy atom. The van der Waals surface area contributed by atoms with Gasteiger partial charge in [-0.2, -0.15) is 0 Å². The predicted octanol–water partition coefficient (Wildman–Crippen LogP) is -0.804. The molecule has 0 radical (unpaired) electrons. The summed E-state index contributed by atoms with van der Waals surface area (Å²) < 4.78 is 10.4. The second-order valence-electron chi connectivity index (χ2n) is 3.07. The second-order valence-corrected chi connectivity index (χ2v) is 4.63. The van der Waals surface area contributed by atoms with Crippen LogP contribution >= 0.6 is 7.60 Å². The van der Waals surface area contributed by atoms with Gasteiger partial charge in [-0.3, -0.25) is 0 Å². The lowest BCUT2D eigenvalue weighted by molar-refractivity contribution is -0.860. The number of quaternary nitrogens is 1. The maximum Gasteiger partial charge on any atom is 0.187 e. The Labute approximate surface area is 54.9 Å². The first kappa shape index (κ1) is 9.11. The third-order valence-electron chi connectivity index (χ3n) is 0.603. The van der Waals surface area contributed by atoms with Gasteiger partial charge in [-0.15, -0.1) is 0 Å². The average molecular weight is 153 g/mol. The highest BCUT2D eigenvalue weighted by Gasteiger charge is 2.14. The molecule has 0 saturated carbocycles. The molecule has 0 bridgehead atoms. The molecule has 0 aliphatic carbocycles. The predicted molar refractivity (Wildman–Crippen MR) is 32.7 cm³/mol. The van der Waals surface area contributed by atoms with Crippen molar-refractivity contribution in [3.63, 3.8) is 0 Å². The Morgan fingerprint density at radius 3 is 1.89 bits per heavy atom. The molecule has 0 amide bonds. The highest BCUT2D eigenvalue weighted by molar-refractivity contribution is 7.50. The Kier molecular flexibility index (Phi) is 2.41. The maximum atomic E-state index is 10.2. The molecule has 4 nitrogen and oxygen atoms in total. The summed E-state index contributed by atoms with van der Waals surface area (Å²) in [6, 6.07) is 0. The highest BCUT2D eigenvalue weighted by atomic mass is 31.2. The van der Waals surface area contributed by atoms with Crippen molar-refractivity contribution in [3.8, 4) is 0 Å². The SMILES string of the molecule is C[N+](C)(C)CP(=O)([O-])O. The standard InChI is InChI=1S/C4H12NO3P/c1-5(2,3)4-9(6,7)8/h4H2,1-3H3,(H-,6,7,8). The van der Waals surface area contributed by atoms with Crippen molar-refractivity contribution in [3.05, 3.63) is 0 Å². The van der Waals surface area contributed by atoms with E-state index in [1.165, 1.54) is 0 Å². The van der Waals surface area contributed by atoms with Crippen LogP contribution in [0.15, 0.2) is 0 Å². The molecule has 0 aromatic heterocycles. The van der Waals surface area contributed by atoms with Crippen molar-refractivity contribution in [1.29, 1.82) is 0 Å². The fourth-order valence-corrected chi connectivity index (χ4v) is 1.61. The van der Waals surface area contributed by atoms with E-state index in [0.29, 0.717) is 0 Å². The topological polar surface area (TPSA) is 60.4 Å². The third kappa shape index (κ3) is 8.11. The summed E-state index contributed by atoms with van der Waals surface area (Å²) in [6.07, 6.45) is -0.215. The van der Waals surface area contributed by atoms with E-state index >= 15 is 0 Å².